The number of carbonyl (C=O) groups is 1. The Morgan fingerprint density at radius 3 is 2.88 bits per heavy atom. The van der Waals surface area contributed by atoms with E-state index in [1.165, 1.54) is 6.08 Å². The quantitative estimate of drug-likeness (QED) is 0.817. The van der Waals surface area contributed by atoms with Crippen molar-refractivity contribution in [3.8, 4) is 0 Å². The molecule has 6 heteroatoms. The molecule has 0 aromatic carbocycles. The molecular weight excluding hydrogens is 342 g/mol. The Morgan fingerprint density at radius 1 is 1.69 bits per heavy atom. The molecule has 1 rings (SSSR count). The summed E-state index contributed by atoms with van der Waals surface area (Å²) in [6.45, 7) is 1.83. The van der Waals surface area contributed by atoms with Crippen LogP contribution in [-0.4, -0.2) is 23.7 Å². The van der Waals surface area contributed by atoms with E-state index in [0.29, 0.717) is 10.4 Å². The molecule has 1 amide bonds. The standard InChI is InChI=1S/C10H11Br2NO3/c1-6(14)5-13-9(15)3-2-7-4-8(11)10(12)16-7/h2-4,6,14H,5H2,1H3,(H,13,15). The zero-order valence-electron chi connectivity index (χ0n) is 8.54. The van der Waals surface area contributed by atoms with E-state index in [9.17, 15) is 4.79 Å². The van der Waals surface area contributed by atoms with Crippen LogP contribution >= 0.6 is 31.9 Å². The van der Waals surface area contributed by atoms with Gasteiger partial charge in [-0.2, -0.15) is 0 Å². The van der Waals surface area contributed by atoms with Gasteiger partial charge in [0.25, 0.3) is 0 Å². The van der Waals surface area contributed by atoms with Crippen molar-refractivity contribution >= 4 is 43.8 Å². The number of amides is 1. The van der Waals surface area contributed by atoms with Crippen molar-refractivity contribution in [1.82, 2.24) is 5.32 Å². The minimum absolute atomic E-state index is 0.231. The molecule has 0 saturated heterocycles. The van der Waals surface area contributed by atoms with Gasteiger partial charge in [-0.3, -0.25) is 4.79 Å². The first-order valence-corrected chi connectivity index (χ1v) is 6.16. The van der Waals surface area contributed by atoms with Crippen molar-refractivity contribution in [3.63, 3.8) is 0 Å². The van der Waals surface area contributed by atoms with Crippen LogP contribution in [0.2, 0.25) is 0 Å². The predicted octanol–water partition coefficient (Wildman–Crippen LogP) is 2.31. The molecule has 0 bridgehead atoms. The van der Waals surface area contributed by atoms with Gasteiger partial charge < -0.3 is 14.8 Å². The van der Waals surface area contributed by atoms with Crippen LogP contribution in [0.5, 0.6) is 0 Å². The number of carbonyl (C=O) groups excluding carboxylic acids is 1. The Hall–Kier alpha value is -0.590. The summed E-state index contributed by atoms with van der Waals surface area (Å²) >= 11 is 6.46. The smallest absolute Gasteiger partial charge is 0.244 e. The molecule has 0 aliphatic carbocycles. The molecule has 0 saturated carbocycles. The van der Waals surface area contributed by atoms with Crippen LogP contribution in [0.15, 0.2) is 25.7 Å². The van der Waals surface area contributed by atoms with E-state index in [-0.39, 0.29) is 12.5 Å². The van der Waals surface area contributed by atoms with Gasteiger partial charge in [0.15, 0.2) is 4.67 Å². The molecule has 1 aromatic heterocycles. The van der Waals surface area contributed by atoms with Gasteiger partial charge in [-0.15, -0.1) is 0 Å². The van der Waals surface area contributed by atoms with Crippen molar-refractivity contribution in [2.75, 3.05) is 6.54 Å². The van der Waals surface area contributed by atoms with Gasteiger partial charge in [0.1, 0.15) is 5.76 Å². The maximum absolute atomic E-state index is 11.2. The topological polar surface area (TPSA) is 62.5 Å². The van der Waals surface area contributed by atoms with Gasteiger partial charge in [0, 0.05) is 12.6 Å². The number of rotatable bonds is 4. The lowest BCUT2D eigenvalue weighted by molar-refractivity contribution is -0.116. The molecular formula is C10H11Br2NO3. The Balaban J connectivity index is 2.50. The predicted molar refractivity (Wildman–Crippen MR) is 67.8 cm³/mol. The summed E-state index contributed by atoms with van der Waals surface area (Å²) in [6, 6.07) is 1.74. The lowest BCUT2D eigenvalue weighted by Crippen LogP contribution is -2.28. The lowest BCUT2D eigenvalue weighted by atomic mass is 10.3. The van der Waals surface area contributed by atoms with E-state index in [4.69, 9.17) is 9.52 Å². The Labute approximate surface area is 110 Å². The van der Waals surface area contributed by atoms with Crippen LogP contribution in [0, 0.1) is 0 Å². The molecule has 1 unspecified atom stereocenters. The molecule has 0 fully saturated rings. The first-order valence-electron chi connectivity index (χ1n) is 4.58. The Bertz CT molecular complexity index is 379. The van der Waals surface area contributed by atoms with Crippen molar-refractivity contribution in [3.05, 3.63) is 27.0 Å². The van der Waals surface area contributed by atoms with E-state index in [0.717, 1.165) is 4.47 Å². The third-order valence-corrected chi connectivity index (χ3v) is 3.35. The highest BCUT2D eigenvalue weighted by molar-refractivity contribution is 9.13. The second-order valence-electron chi connectivity index (χ2n) is 3.20. The number of halogens is 2. The van der Waals surface area contributed by atoms with E-state index in [1.807, 2.05) is 0 Å². The number of hydrogen-bond acceptors (Lipinski definition) is 3. The molecule has 4 nitrogen and oxygen atoms in total. The summed E-state index contributed by atoms with van der Waals surface area (Å²) in [5.74, 6) is 0.287. The summed E-state index contributed by atoms with van der Waals surface area (Å²) in [5.41, 5.74) is 0. The number of nitrogens with one attached hydrogen (secondary N) is 1. The largest absolute Gasteiger partial charge is 0.449 e. The molecule has 2 N–H and O–H groups in total. The summed E-state index contributed by atoms with van der Waals surface area (Å²) in [5, 5.41) is 11.5. The zero-order chi connectivity index (χ0) is 12.1. The van der Waals surface area contributed by atoms with Crippen LogP contribution in [0.3, 0.4) is 0 Å². The minimum Gasteiger partial charge on any atom is -0.449 e. The van der Waals surface area contributed by atoms with Gasteiger partial charge in [-0.25, -0.2) is 0 Å². The molecule has 1 aromatic rings. The molecule has 0 spiro atoms. The van der Waals surface area contributed by atoms with Gasteiger partial charge in [0.2, 0.25) is 5.91 Å². The first kappa shape index (κ1) is 13.5. The SMILES string of the molecule is CC(O)CNC(=O)C=Cc1cc(Br)c(Br)o1. The van der Waals surface area contributed by atoms with Crippen molar-refractivity contribution < 1.29 is 14.3 Å². The number of hydrogen-bond donors (Lipinski definition) is 2. The van der Waals surface area contributed by atoms with Crippen LogP contribution in [0.4, 0.5) is 0 Å². The molecule has 0 aliphatic rings. The van der Waals surface area contributed by atoms with Crippen molar-refractivity contribution in [1.29, 1.82) is 0 Å². The molecule has 88 valence electrons. The van der Waals surface area contributed by atoms with Crippen LogP contribution in [0.1, 0.15) is 12.7 Å². The lowest BCUT2D eigenvalue weighted by Gasteiger charge is -2.03. The van der Waals surface area contributed by atoms with Gasteiger partial charge >= 0.3 is 0 Å². The molecule has 0 radical (unpaired) electrons. The molecule has 1 heterocycles. The third kappa shape index (κ3) is 4.51. The summed E-state index contributed by atoms with van der Waals surface area (Å²) in [7, 11) is 0. The second-order valence-corrected chi connectivity index (χ2v) is 4.77. The molecule has 0 aliphatic heterocycles. The third-order valence-electron chi connectivity index (χ3n) is 1.63. The highest BCUT2D eigenvalue weighted by Gasteiger charge is 2.04. The van der Waals surface area contributed by atoms with E-state index < -0.39 is 6.10 Å². The average molecular weight is 353 g/mol. The zero-order valence-corrected chi connectivity index (χ0v) is 11.7. The summed E-state index contributed by atoms with van der Waals surface area (Å²) in [6.07, 6.45) is 2.34. The fraction of sp³-hybridized carbons (Fsp3) is 0.300. The summed E-state index contributed by atoms with van der Waals surface area (Å²) in [4.78, 5) is 11.2. The maximum atomic E-state index is 11.2. The highest BCUT2D eigenvalue weighted by atomic mass is 79.9. The normalized spacial score (nSPS) is 13.0. The average Bonchev–Trinajstić information content (AvgIpc) is 2.52. The number of furan rings is 1. The maximum Gasteiger partial charge on any atom is 0.244 e. The van der Waals surface area contributed by atoms with Crippen LogP contribution in [0.25, 0.3) is 6.08 Å². The van der Waals surface area contributed by atoms with E-state index in [2.05, 4.69) is 37.2 Å². The van der Waals surface area contributed by atoms with E-state index in [1.54, 1.807) is 19.1 Å². The fourth-order valence-electron chi connectivity index (χ4n) is 0.910. The van der Waals surface area contributed by atoms with Gasteiger partial charge in [0.05, 0.1) is 10.6 Å². The molecule has 1 atom stereocenters. The fourth-order valence-corrected chi connectivity index (χ4v) is 1.52. The van der Waals surface area contributed by atoms with Crippen molar-refractivity contribution in [2.24, 2.45) is 0 Å². The Morgan fingerprint density at radius 2 is 2.38 bits per heavy atom. The Kier molecular flexibility index (Phi) is 5.24. The minimum atomic E-state index is -0.552. The number of aliphatic hydroxyl groups is 1. The summed E-state index contributed by atoms with van der Waals surface area (Å²) < 4.78 is 6.61. The monoisotopic (exact) mass is 351 g/mol. The number of aliphatic hydroxyl groups excluding tert-OH is 1. The van der Waals surface area contributed by atoms with E-state index >= 15 is 0 Å². The first-order chi connectivity index (χ1) is 7.49. The van der Waals surface area contributed by atoms with Crippen LogP contribution in [-0.2, 0) is 4.79 Å². The highest BCUT2D eigenvalue weighted by Crippen LogP contribution is 2.27. The van der Waals surface area contributed by atoms with Gasteiger partial charge in [-0.05, 0) is 50.9 Å². The van der Waals surface area contributed by atoms with Gasteiger partial charge in [-0.1, -0.05) is 0 Å². The van der Waals surface area contributed by atoms with Crippen molar-refractivity contribution in [2.45, 2.75) is 13.0 Å². The second kappa shape index (κ2) is 6.22. The molecule has 16 heavy (non-hydrogen) atoms. The van der Waals surface area contributed by atoms with Crippen LogP contribution < -0.4 is 5.32 Å².